The molecule has 1 heterocycles. The smallest absolute Gasteiger partial charge is 0.226 e. The lowest BCUT2D eigenvalue weighted by molar-refractivity contribution is -0.634. The van der Waals surface area contributed by atoms with E-state index in [1.807, 2.05) is 67.1 Å². The molecule has 2 heteroatoms. The first-order valence-corrected chi connectivity index (χ1v) is 5.97. The number of hydrogen-bond donors (Lipinski definition) is 0. The Labute approximate surface area is 111 Å². The van der Waals surface area contributed by atoms with E-state index in [1.165, 1.54) is 4.57 Å². The third-order valence-electron chi connectivity index (χ3n) is 3.40. The first-order valence-electron chi connectivity index (χ1n) is 7.47. The number of nitrogens with zero attached hydrogens (tertiary/aromatic N) is 2. The first kappa shape index (κ1) is 8.09. The zero-order chi connectivity index (χ0) is 15.2. The van der Waals surface area contributed by atoms with Gasteiger partial charge < -0.3 is 0 Å². The molecule has 0 radical (unpaired) electrons. The molecule has 0 saturated carbocycles. The topological polar surface area (TPSA) is 8.81 Å². The van der Waals surface area contributed by atoms with Crippen LogP contribution in [0.25, 0.3) is 22.4 Å². The van der Waals surface area contributed by atoms with Gasteiger partial charge in [0.2, 0.25) is 0 Å². The summed E-state index contributed by atoms with van der Waals surface area (Å²) in [7, 11) is 1.91. The second-order valence-corrected chi connectivity index (χ2v) is 4.52. The van der Waals surface area contributed by atoms with Gasteiger partial charge >= 0.3 is 0 Å². The molecule has 0 amide bonds. The van der Waals surface area contributed by atoms with E-state index in [2.05, 4.69) is 0 Å². The molecule has 0 aliphatic heterocycles. The predicted octanol–water partition coefficient (Wildman–Crippen LogP) is 2.98. The molecule has 0 saturated heterocycles. The van der Waals surface area contributed by atoms with Crippen LogP contribution in [0.5, 0.6) is 0 Å². The quantitative estimate of drug-likeness (QED) is 0.578. The van der Waals surface area contributed by atoms with Crippen molar-refractivity contribution >= 4 is 11.0 Å². The van der Waals surface area contributed by atoms with Crippen LogP contribution in [-0.2, 0) is 14.0 Å². The van der Waals surface area contributed by atoms with Crippen LogP contribution in [0.15, 0.2) is 48.5 Å². The van der Waals surface area contributed by atoms with Crippen LogP contribution in [0, 0.1) is 6.92 Å². The second-order valence-electron chi connectivity index (χ2n) is 4.52. The summed E-state index contributed by atoms with van der Waals surface area (Å²) in [6, 6.07) is 15.4. The molecule has 0 fully saturated rings. The lowest BCUT2D eigenvalue weighted by atomic mass is 10.1. The fraction of sp³-hybridized carbons (Fsp3) is 0.188. The zero-order valence-electron chi connectivity index (χ0n) is 13.5. The van der Waals surface area contributed by atoms with Gasteiger partial charge in [0.25, 0.3) is 5.82 Å². The number of aryl methyl sites for hydroxylation is 3. The number of imidazole rings is 1. The lowest BCUT2D eigenvalue weighted by Crippen LogP contribution is -2.30. The standard InChI is InChI=1S/C16H17N2/c1-12-8-4-5-9-13(12)16-17(2)14-10-6-7-11-15(14)18(16)3/h4-11H,1-3H3/q+1/i2D3. The summed E-state index contributed by atoms with van der Waals surface area (Å²) >= 11 is 0. The largest absolute Gasteiger partial charge is 0.289 e. The molecule has 0 aliphatic rings. The summed E-state index contributed by atoms with van der Waals surface area (Å²) in [5.41, 5.74) is 3.62. The monoisotopic (exact) mass is 240 g/mol. The third-order valence-corrected chi connectivity index (χ3v) is 3.40. The van der Waals surface area contributed by atoms with Crippen molar-refractivity contribution in [1.82, 2.24) is 4.57 Å². The molecule has 1 aromatic heterocycles. The van der Waals surface area contributed by atoms with Crippen molar-refractivity contribution in [3.63, 3.8) is 0 Å². The third kappa shape index (κ3) is 1.46. The van der Waals surface area contributed by atoms with Crippen LogP contribution in [0.1, 0.15) is 9.68 Å². The Kier molecular flexibility index (Phi) is 1.79. The number of rotatable bonds is 1. The van der Waals surface area contributed by atoms with Crippen molar-refractivity contribution in [2.75, 3.05) is 0 Å². The maximum atomic E-state index is 7.91. The van der Waals surface area contributed by atoms with Gasteiger partial charge in [-0.15, -0.1) is 0 Å². The van der Waals surface area contributed by atoms with Gasteiger partial charge in [0.15, 0.2) is 11.0 Å². The summed E-state index contributed by atoms with van der Waals surface area (Å²) in [5.74, 6) is 0.703. The summed E-state index contributed by atoms with van der Waals surface area (Å²) in [5, 5.41) is 0. The number of para-hydroxylation sites is 2. The predicted molar refractivity (Wildman–Crippen MR) is 74.3 cm³/mol. The molecular weight excluding hydrogens is 220 g/mol. The molecule has 90 valence electrons. The molecule has 0 aliphatic carbocycles. The molecule has 0 atom stereocenters. The molecule has 2 nitrogen and oxygen atoms in total. The van der Waals surface area contributed by atoms with Gasteiger partial charge in [-0.25, -0.2) is 9.13 Å². The number of aromatic nitrogens is 2. The summed E-state index contributed by atoms with van der Waals surface area (Å²) in [6.45, 7) is -0.227. The number of fused-ring (bicyclic) bond motifs is 1. The van der Waals surface area contributed by atoms with Gasteiger partial charge in [0.1, 0.15) is 0 Å². The van der Waals surface area contributed by atoms with E-state index in [-0.39, 0.29) is 0 Å². The Hall–Kier alpha value is -2.09. The van der Waals surface area contributed by atoms with Gasteiger partial charge in [-0.3, -0.25) is 0 Å². The van der Waals surface area contributed by atoms with Crippen molar-refractivity contribution in [1.29, 1.82) is 0 Å². The second kappa shape index (κ2) is 3.98. The molecule has 0 spiro atoms. The van der Waals surface area contributed by atoms with E-state index in [0.29, 0.717) is 5.82 Å². The van der Waals surface area contributed by atoms with E-state index in [9.17, 15) is 0 Å². The Morgan fingerprint density at radius 3 is 2.56 bits per heavy atom. The highest BCUT2D eigenvalue weighted by Gasteiger charge is 2.21. The van der Waals surface area contributed by atoms with Crippen LogP contribution in [-0.4, -0.2) is 4.57 Å². The zero-order valence-corrected chi connectivity index (χ0v) is 10.5. The maximum absolute atomic E-state index is 7.91. The van der Waals surface area contributed by atoms with Crippen LogP contribution < -0.4 is 4.57 Å². The normalized spacial score (nSPS) is 14.2. The van der Waals surface area contributed by atoms with Gasteiger partial charge in [0.05, 0.1) is 23.7 Å². The minimum Gasteiger partial charge on any atom is -0.226 e. The summed E-state index contributed by atoms with van der Waals surface area (Å²) < 4.78 is 27.1. The number of hydrogen-bond acceptors (Lipinski definition) is 0. The van der Waals surface area contributed by atoms with Crippen molar-refractivity contribution < 1.29 is 8.68 Å². The van der Waals surface area contributed by atoms with E-state index in [4.69, 9.17) is 4.11 Å². The van der Waals surface area contributed by atoms with Crippen LogP contribution in [0.3, 0.4) is 0 Å². The first-order chi connectivity index (χ1) is 9.91. The molecular formula is C16H17N2+. The van der Waals surface area contributed by atoms with Gasteiger partial charge in [-0.05, 0) is 30.7 Å². The van der Waals surface area contributed by atoms with E-state index >= 15 is 0 Å². The molecule has 18 heavy (non-hydrogen) atoms. The SMILES string of the molecule is [2H]C([2H])([2H])[n+]1c(-c2ccccc2C)n(C)c2ccccc21. The Morgan fingerprint density at radius 2 is 1.78 bits per heavy atom. The van der Waals surface area contributed by atoms with Crippen molar-refractivity contribution in [3.8, 4) is 11.4 Å². The minimum atomic E-state index is -2.22. The Bertz CT molecular complexity index is 816. The fourth-order valence-electron chi connectivity index (χ4n) is 2.44. The lowest BCUT2D eigenvalue weighted by Gasteiger charge is -2.02. The summed E-state index contributed by atoms with van der Waals surface area (Å²) in [4.78, 5) is 0. The van der Waals surface area contributed by atoms with Gasteiger partial charge in [-0.2, -0.15) is 0 Å². The molecule has 3 rings (SSSR count). The van der Waals surface area contributed by atoms with E-state index < -0.39 is 6.98 Å². The highest BCUT2D eigenvalue weighted by Crippen LogP contribution is 2.23. The highest BCUT2D eigenvalue weighted by atomic mass is 15.1. The highest BCUT2D eigenvalue weighted by molar-refractivity contribution is 5.76. The van der Waals surface area contributed by atoms with Crippen molar-refractivity contribution in [2.24, 2.45) is 14.0 Å². The van der Waals surface area contributed by atoms with Crippen molar-refractivity contribution in [2.45, 2.75) is 6.92 Å². The molecule has 0 bridgehead atoms. The molecule has 0 N–H and O–H groups in total. The van der Waals surface area contributed by atoms with Crippen LogP contribution >= 0.6 is 0 Å². The van der Waals surface area contributed by atoms with Crippen molar-refractivity contribution in [3.05, 3.63) is 54.1 Å². The van der Waals surface area contributed by atoms with Gasteiger partial charge in [-0.1, -0.05) is 30.3 Å². The Balaban J connectivity index is 2.48. The number of benzene rings is 2. The minimum absolute atomic E-state index is 0.703. The fourth-order valence-corrected chi connectivity index (χ4v) is 2.44. The van der Waals surface area contributed by atoms with Crippen LogP contribution in [0.4, 0.5) is 0 Å². The van der Waals surface area contributed by atoms with E-state index in [1.54, 1.807) is 0 Å². The van der Waals surface area contributed by atoms with E-state index in [0.717, 1.165) is 22.2 Å². The molecule has 0 unspecified atom stereocenters. The average Bonchev–Trinajstić information content (AvgIpc) is 2.73. The average molecular weight is 240 g/mol. The Morgan fingerprint density at radius 1 is 1.06 bits per heavy atom. The summed E-state index contributed by atoms with van der Waals surface area (Å²) in [6.07, 6.45) is 0. The maximum Gasteiger partial charge on any atom is 0.289 e. The van der Waals surface area contributed by atoms with Gasteiger partial charge in [0, 0.05) is 0 Å². The molecule has 2 aromatic carbocycles. The van der Waals surface area contributed by atoms with Crippen LogP contribution in [0.2, 0.25) is 0 Å². The molecule has 3 aromatic rings.